The van der Waals surface area contributed by atoms with Crippen molar-refractivity contribution in [2.45, 2.75) is 6.92 Å². The van der Waals surface area contributed by atoms with Crippen molar-refractivity contribution in [1.29, 1.82) is 0 Å². The molecular formula is C19H10. The molecule has 0 amide bonds. The van der Waals surface area contributed by atoms with Gasteiger partial charge in [0, 0.05) is 11.1 Å². The van der Waals surface area contributed by atoms with Crippen LogP contribution in [0.3, 0.4) is 0 Å². The number of hydrogen-bond acceptors (Lipinski definition) is 0. The summed E-state index contributed by atoms with van der Waals surface area (Å²) in [6.45, 7) is 1.76. The maximum absolute atomic E-state index is 5.18. The molecule has 0 bridgehead atoms. The van der Waals surface area contributed by atoms with Crippen LogP contribution in [0, 0.1) is 47.9 Å². The summed E-state index contributed by atoms with van der Waals surface area (Å²) in [4.78, 5) is 0. The summed E-state index contributed by atoms with van der Waals surface area (Å²) in [5, 5.41) is 2.25. The minimum atomic E-state index is 0.835. The highest BCUT2D eigenvalue weighted by molar-refractivity contribution is 5.86. The van der Waals surface area contributed by atoms with E-state index in [2.05, 4.69) is 41.4 Å². The van der Waals surface area contributed by atoms with Crippen molar-refractivity contribution in [1.82, 2.24) is 0 Å². The van der Waals surface area contributed by atoms with Crippen molar-refractivity contribution in [3.63, 3.8) is 0 Å². The lowest BCUT2D eigenvalue weighted by atomic mass is 10.0. The van der Waals surface area contributed by atoms with Crippen LogP contribution in [-0.4, -0.2) is 0 Å². The third kappa shape index (κ3) is 2.99. The van der Waals surface area contributed by atoms with Crippen molar-refractivity contribution in [2.75, 3.05) is 0 Å². The van der Waals surface area contributed by atoms with Gasteiger partial charge in [0.25, 0.3) is 0 Å². The van der Waals surface area contributed by atoms with Gasteiger partial charge in [0.2, 0.25) is 0 Å². The van der Waals surface area contributed by atoms with E-state index in [1.54, 1.807) is 6.92 Å². The molecule has 0 atom stereocenters. The Labute approximate surface area is 113 Å². The van der Waals surface area contributed by atoms with Crippen LogP contribution >= 0.6 is 0 Å². The van der Waals surface area contributed by atoms with Gasteiger partial charge < -0.3 is 0 Å². The molecule has 0 aromatic heterocycles. The lowest BCUT2D eigenvalue weighted by Gasteiger charge is -2.01. The number of rotatable bonds is 0. The van der Waals surface area contributed by atoms with Gasteiger partial charge in [-0.3, -0.25) is 0 Å². The topological polar surface area (TPSA) is 0 Å². The summed E-state index contributed by atoms with van der Waals surface area (Å²) in [5.74, 6) is 19.2. The van der Waals surface area contributed by atoms with Crippen molar-refractivity contribution in [3.05, 3.63) is 47.5 Å². The van der Waals surface area contributed by atoms with E-state index in [0.717, 1.165) is 21.9 Å². The van der Waals surface area contributed by atoms with Gasteiger partial charge in [-0.25, -0.2) is 0 Å². The van der Waals surface area contributed by atoms with E-state index in [9.17, 15) is 0 Å². The van der Waals surface area contributed by atoms with Crippen molar-refractivity contribution in [2.24, 2.45) is 0 Å². The van der Waals surface area contributed by atoms with E-state index in [1.165, 1.54) is 0 Å². The van der Waals surface area contributed by atoms with Gasteiger partial charge in [-0.05, 0) is 53.5 Å². The van der Waals surface area contributed by atoms with Gasteiger partial charge in [0.05, 0.1) is 0 Å². The Hall–Kier alpha value is -3.06. The molecule has 0 heterocycles. The van der Waals surface area contributed by atoms with Crippen molar-refractivity contribution < 1.29 is 0 Å². The van der Waals surface area contributed by atoms with Gasteiger partial charge in [-0.1, -0.05) is 42.0 Å². The fourth-order valence-corrected chi connectivity index (χ4v) is 1.71. The smallest absolute Gasteiger partial charge is 0.0418 e. The molecule has 0 unspecified atom stereocenters. The monoisotopic (exact) mass is 238 g/mol. The first kappa shape index (κ1) is 12.4. The molecule has 0 heteroatoms. The zero-order valence-electron chi connectivity index (χ0n) is 10.5. The second kappa shape index (κ2) is 6.03. The lowest BCUT2D eigenvalue weighted by molar-refractivity contribution is 1.64. The first-order valence-electron chi connectivity index (χ1n) is 5.77. The third-order valence-corrected chi connectivity index (χ3v) is 2.54. The van der Waals surface area contributed by atoms with E-state index < -0.39 is 0 Å². The molecule has 0 nitrogen and oxygen atoms in total. The molecule has 0 N–H and O–H groups in total. The van der Waals surface area contributed by atoms with E-state index in [4.69, 9.17) is 6.42 Å². The second-order valence-corrected chi connectivity index (χ2v) is 3.76. The van der Waals surface area contributed by atoms with Crippen LogP contribution in [0.4, 0.5) is 0 Å². The van der Waals surface area contributed by atoms with Crippen LogP contribution in [-0.2, 0) is 0 Å². The minimum absolute atomic E-state index is 0.835. The molecule has 0 aliphatic carbocycles. The number of hydrogen-bond donors (Lipinski definition) is 0. The number of benzene rings is 2. The Bertz CT molecular complexity index is 842. The standard InChI is InChI=1S/C19H10/c1-3-5-7-11-17-15-19-13-9-8-12-18(19)14-16(17)10-6-4-2/h2,8-9,12-15H,1H3. The third-order valence-electron chi connectivity index (χ3n) is 2.54. The van der Waals surface area contributed by atoms with Crippen LogP contribution in [0.1, 0.15) is 18.1 Å². The largest absolute Gasteiger partial charge is 0.106 e. The Morgan fingerprint density at radius 2 is 1.42 bits per heavy atom. The van der Waals surface area contributed by atoms with E-state index in [-0.39, 0.29) is 0 Å². The maximum atomic E-state index is 5.18. The maximum Gasteiger partial charge on any atom is 0.0418 e. The first-order chi connectivity index (χ1) is 9.35. The molecule has 19 heavy (non-hydrogen) atoms. The van der Waals surface area contributed by atoms with Gasteiger partial charge in [-0.15, -0.1) is 6.42 Å². The summed E-state index contributed by atoms with van der Waals surface area (Å²) in [5.41, 5.74) is 1.69. The van der Waals surface area contributed by atoms with Crippen LogP contribution < -0.4 is 0 Å². The quantitative estimate of drug-likeness (QED) is 0.618. The lowest BCUT2D eigenvalue weighted by Crippen LogP contribution is -1.85. The zero-order valence-corrected chi connectivity index (χ0v) is 10.5. The molecule has 2 aromatic rings. The minimum Gasteiger partial charge on any atom is -0.106 e. The highest BCUT2D eigenvalue weighted by atomic mass is 14.0. The second-order valence-electron chi connectivity index (χ2n) is 3.76. The van der Waals surface area contributed by atoms with E-state index in [1.807, 2.05) is 36.4 Å². The van der Waals surface area contributed by atoms with Crippen molar-refractivity contribution >= 4 is 10.8 Å². The highest BCUT2D eigenvalue weighted by Gasteiger charge is 2.00. The predicted octanol–water partition coefficient (Wildman–Crippen LogP) is 3.20. The van der Waals surface area contributed by atoms with Crippen LogP contribution in [0.15, 0.2) is 36.4 Å². The molecule has 0 saturated heterocycles. The SMILES string of the molecule is C#CC#Cc1cc2ccccc2cc1C#CC#CC. The summed E-state index contributed by atoms with van der Waals surface area (Å²) in [7, 11) is 0. The summed E-state index contributed by atoms with van der Waals surface area (Å²) in [6.07, 6.45) is 5.18. The molecule has 86 valence electrons. The molecule has 0 aliphatic heterocycles. The molecule has 2 rings (SSSR count). The van der Waals surface area contributed by atoms with Gasteiger partial charge in [0.1, 0.15) is 0 Å². The van der Waals surface area contributed by atoms with Crippen LogP contribution in [0.2, 0.25) is 0 Å². The Kier molecular flexibility index (Phi) is 3.94. The zero-order chi connectivity index (χ0) is 13.5. The average Bonchev–Trinajstić information content (AvgIpc) is 2.45. The molecule has 0 radical (unpaired) electrons. The fraction of sp³-hybridized carbons (Fsp3) is 0.0526. The predicted molar refractivity (Wildman–Crippen MR) is 80.0 cm³/mol. The first-order valence-corrected chi connectivity index (χ1v) is 5.77. The van der Waals surface area contributed by atoms with Gasteiger partial charge in [0.15, 0.2) is 0 Å². The van der Waals surface area contributed by atoms with E-state index >= 15 is 0 Å². The molecule has 0 spiro atoms. The highest BCUT2D eigenvalue weighted by Crippen LogP contribution is 2.19. The Balaban J connectivity index is 2.67. The fourth-order valence-electron chi connectivity index (χ4n) is 1.71. The normalized spacial score (nSPS) is 8.00. The van der Waals surface area contributed by atoms with E-state index in [0.29, 0.717) is 0 Å². The number of terminal acetylenes is 1. The molecular weight excluding hydrogens is 228 g/mol. The number of fused-ring (bicyclic) bond motifs is 1. The molecule has 0 aliphatic rings. The summed E-state index contributed by atoms with van der Waals surface area (Å²) < 4.78 is 0. The average molecular weight is 238 g/mol. The molecule has 0 saturated carbocycles. The molecule has 0 fully saturated rings. The molecule has 2 aromatic carbocycles. The van der Waals surface area contributed by atoms with Gasteiger partial charge in [-0.2, -0.15) is 0 Å². The van der Waals surface area contributed by atoms with Gasteiger partial charge >= 0.3 is 0 Å². The Morgan fingerprint density at radius 1 is 0.842 bits per heavy atom. The van der Waals surface area contributed by atoms with Crippen molar-refractivity contribution in [3.8, 4) is 47.9 Å². The Morgan fingerprint density at radius 3 is 1.95 bits per heavy atom. The van der Waals surface area contributed by atoms with Crippen LogP contribution in [0.5, 0.6) is 0 Å². The van der Waals surface area contributed by atoms with Crippen LogP contribution in [0.25, 0.3) is 10.8 Å². The summed E-state index contributed by atoms with van der Waals surface area (Å²) in [6, 6.07) is 12.1. The summed E-state index contributed by atoms with van der Waals surface area (Å²) >= 11 is 0.